The maximum atomic E-state index is 12.2. The van der Waals surface area contributed by atoms with Crippen LogP contribution in [-0.4, -0.2) is 17.4 Å². The van der Waals surface area contributed by atoms with E-state index in [1.165, 1.54) is 6.20 Å². The number of halogens is 1. The Morgan fingerprint density at radius 3 is 2.65 bits per heavy atom. The highest BCUT2D eigenvalue weighted by Gasteiger charge is 2.12. The largest absolute Gasteiger partial charge is 0.370 e. The fraction of sp³-hybridized carbons (Fsp3) is 0.200. The third kappa shape index (κ3) is 3.48. The van der Waals surface area contributed by atoms with Crippen LogP contribution in [0.5, 0.6) is 0 Å². The molecule has 2 aromatic rings. The molecule has 0 saturated carbocycles. The number of hydrogen-bond donors (Lipinski definition) is 2. The van der Waals surface area contributed by atoms with Crippen molar-refractivity contribution in [3.63, 3.8) is 0 Å². The molecule has 2 rings (SSSR count). The molecule has 1 aromatic carbocycles. The van der Waals surface area contributed by atoms with Gasteiger partial charge in [-0.2, -0.15) is 0 Å². The number of rotatable bonds is 4. The van der Waals surface area contributed by atoms with Gasteiger partial charge in [-0.1, -0.05) is 29.3 Å². The van der Waals surface area contributed by atoms with Crippen LogP contribution in [0.25, 0.3) is 0 Å². The van der Waals surface area contributed by atoms with E-state index in [-0.39, 0.29) is 5.91 Å². The predicted molar refractivity (Wildman–Crippen MR) is 82.5 cm³/mol. The maximum absolute atomic E-state index is 12.2. The monoisotopic (exact) mass is 289 g/mol. The highest BCUT2D eigenvalue weighted by molar-refractivity contribution is 6.34. The highest BCUT2D eigenvalue weighted by Crippen LogP contribution is 2.20. The number of aromatic nitrogens is 1. The smallest absolute Gasteiger partial charge is 0.257 e. The standard InChI is InChI=1S/C15H16ClN3O/c1-3-17-14-8-12(13(16)9-18-14)15(20)19-11-6-4-10(2)5-7-11/h4-9H,3H2,1-2H3,(H,17,18)(H,19,20). The Bertz CT molecular complexity index is 611. The first-order valence-electron chi connectivity index (χ1n) is 6.37. The molecular weight excluding hydrogens is 274 g/mol. The molecule has 1 aromatic heterocycles. The first-order valence-corrected chi connectivity index (χ1v) is 6.75. The van der Waals surface area contributed by atoms with E-state index < -0.39 is 0 Å². The molecule has 2 N–H and O–H groups in total. The van der Waals surface area contributed by atoms with Crippen molar-refractivity contribution in [1.29, 1.82) is 0 Å². The lowest BCUT2D eigenvalue weighted by molar-refractivity contribution is 0.102. The zero-order chi connectivity index (χ0) is 14.5. The van der Waals surface area contributed by atoms with Gasteiger partial charge in [-0.05, 0) is 32.0 Å². The summed E-state index contributed by atoms with van der Waals surface area (Å²) in [4.78, 5) is 16.3. The van der Waals surface area contributed by atoms with E-state index in [2.05, 4.69) is 15.6 Å². The van der Waals surface area contributed by atoms with Gasteiger partial charge in [-0.3, -0.25) is 4.79 Å². The molecule has 1 amide bonds. The topological polar surface area (TPSA) is 54.0 Å². The van der Waals surface area contributed by atoms with Crippen molar-refractivity contribution in [2.45, 2.75) is 13.8 Å². The Balaban J connectivity index is 2.19. The number of anilines is 2. The lowest BCUT2D eigenvalue weighted by atomic mass is 10.2. The van der Waals surface area contributed by atoms with Crippen LogP contribution in [0.4, 0.5) is 11.5 Å². The fourth-order valence-electron chi connectivity index (χ4n) is 1.73. The first kappa shape index (κ1) is 14.3. The number of benzene rings is 1. The molecule has 0 radical (unpaired) electrons. The number of pyridine rings is 1. The number of aryl methyl sites for hydroxylation is 1. The summed E-state index contributed by atoms with van der Waals surface area (Å²) in [6.45, 7) is 4.68. The maximum Gasteiger partial charge on any atom is 0.257 e. The second kappa shape index (κ2) is 6.39. The van der Waals surface area contributed by atoms with E-state index >= 15 is 0 Å². The number of hydrogen-bond acceptors (Lipinski definition) is 3. The minimum atomic E-state index is -0.250. The van der Waals surface area contributed by atoms with E-state index in [1.54, 1.807) is 6.07 Å². The molecule has 0 bridgehead atoms. The molecular formula is C15H16ClN3O. The molecule has 20 heavy (non-hydrogen) atoms. The van der Waals surface area contributed by atoms with E-state index in [9.17, 15) is 4.79 Å². The van der Waals surface area contributed by atoms with Crippen LogP contribution in [0.1, 0.15) is 22.8 Å². The number of carbonyl (C=O) groups is 1. The van der Waals surface area contributed by atoms with Crippen LogP contribution < -0.4 is 10.6 Å². The second-order valence-corrected chi connectivity index (χ2v) is 4.81. The average Bonchev–Trinajstić information content (AvgIpc) is 2.43. The number of nitrogens with zero attached hydrogens (tertiary/aromatic N) is 1. The molecule has 5 heteroatoms. The number of nitrogens with one attached hydrogen (secondary N) is 2. The Hall–Kier alpha value is -2.07. The molecule has 104 valence electrons. The summed E-state index contributed by atoms with van der Waals surface area (Å²) in [5, 5.41) is 6.20. The van der Waals surface area contributed by atoms with Crippen LogP contribution in [0.3, 0.4) is 0 Å². The second-order valence-electron chi connectivity index (χ2n) is 4.40. The van der Waals surface area contributed by atoms with Crippen LogP contribution in [0.15, 0.2) is 36.5 Å². The molecule has 0 unspecified atom stereocenters. The summed E-state index contributed by atoms with van der Waals surface area (Å²) in [5.41, 5.74) is 2.27. The molecule has 0 fully saturated rings. The quantitative estimate of drug-likeness (QED) is 0.902. The number of amides is 1. The summed E-state index contributed by atoms with van der Waals surface area (Å²) in [6.07, 6.45) is 1.48. The van der Waals surface area contributed by atoms with Crippen molar-refractivity contribution in [2.24, 2.45) is 0 Å². The summed E-state index contributed by atoms with van der Waals surface area (Å²) < 4.78 is 0. The van der Waals surface area contributed by atoms with Crippen molar-refractivity contribution in [1.82, 2.24) is 4.98 Å². The average molecular weight is 290 g/mol. The Labute approximate surface area is 123 Å². The molecule has 0 spiro atoms. The molecule has 0 aliphatic carbocycles. The van der Waals surface area contributed by atoms with Gasteiger partial charge in [0, 0.05) is 18.4 Å². The Morgan fingerprint density at radius 2 is 2.00 bits per heavy atom. The lowest BCUT2D eigenvalue weighted by Gasteiger charge is -2.09. The van der Waals surface area contributed by atoms with Crippen molar-refractivity contribution in [2.75, 3.05) is 17.2 Å². The normalized spacial score (nSPS) is 10.2. The summed E-state index contributed by atoms with van der Waals surface area (Å²) >= 11 is 6.03. The zero-order valence-corrected chi connectivity index (χ0v) is 12.2. The van der Waals surface area contributed by atoms with Crippen LogP contribution in [0.2, 0.25) is 5.02 Å². The van der Waals surface area contributed by atoms with Gasteiger partial charge in [-0.25, -0.2) is 4.98 Å². The molecule has 4 nitrogen and oxygen atoms in total. The molecule has 0 aliphatic rings. The van der Waals surface area contributed by atoms with Gasteiger partial charge in [-0.15, -0.1) is 0 Å². The van der Waals surface area contributed by atoms with Gasteiger partial charge >= 0.3 is 0 Å². The molecule has 1 heterocycles. The molecule has 0 aliphatic heterocycles. The van der Waals surface area contributed by atoms with Gasteiger partial charge in [0.1, 0.15) is 5.82 Å². The number of carbonyl (C=O) groups excluding carboxylic acids is 1. The van der Waals surface area contributed by atoms with Crippen LogP contribution in [-0.2, 0) is 0 Å². The first-order chi connectivity index (χ1) is 9.60. The van der Waals surface area contributed by atoms with Crippen molar-refractivity contribution >= 4 is 29.0 Å². The third-order valence-electron chi connectivity index (χ3n) is 2.77. The van der Waals surface area contributed by atoms with E-state index in [1.807, 2.05) is 38.1 Å². The summed E-state index contributed by atoms with van der Waals surface area (Å²) in [5.74, 6) is 0.381. The molecule has 0 atom stereocenters. The Morgan fingerprint density at radius 1 is 1.30 bits per heavy atom. The van der Waals surface area contributed by atoms with Gasteiger partial charge in [0.2, 0.25) is 0 Å². The van der Waals surface area contributed by atoms with E-state index in [0.717, 1.165) is 17.8 Å². The minimum Gasteiger partial charge on any atom is -0.370 e. The van der Waals surface area contributed by atoms with Gasteiger partial charge in [0.15, 0.2) is 0 Å². The van der Waals surface area contributed by atoms with Crippen molar-refractivity contribution < 1.29 is 4.79 Å². The lowest BCUT2D eigenvalue weighted by Crippen LogP contribution is -2.13. The summed E-state index contributed by atoms with van der Waals surface area (Å²) in [7, 11) is 0. The summed E-state index contributed by atoms with van der Waals surface area (Å²) in [6, 6.07) is 9.23. The predicted octanol–water partition coefficient (Wildman–Crippen LogP) is 3.73. The van der Waals surface area contributed by atoms with Gasteiger partial charge in [0.05, 0.1) is 10.6 Å². The SMILES string of the molecule is CCNc1cc(C(=O)Nc2ccc(C)cc2)c(Cl)cn1. The van der Waals surface area contributed by atoms with Crippen molar-refractivity contribution in [3.05, 3.63) is 52.7 Å². The van der Waals surface area contributed by atoms with E-state index in [4.69, 9.17) is 11.6 Å². The van der Waals surface area contributed by atoms with Crippen molar-refractivity contribution in [3.8, 4) is 0 Å². The highest BCUT2D eigenvalue weighted by atomic mass is 35.5. The fourth-order valence-corrected chi connectivity index (χ4v) is 1.91. The van der Waals surface area contributed by atoms with Crippen LogP contribution >= 0.6 is 11.6 Å². The zero-order valence-electron chi connectivity index (χ0n) is 11.4. The van der Waals surface area contributed by atoms with Gasteiger partial charge < -0.3 is 10.6 Å². The van der Waals surface area contributed by atoms with E-state index in [0.29, 0.717) is 16.4 Å². The Kier molecular flexibility index (Phi) is 4.58. The minimum absolute atomic E-state index is 0.250. The van der Waals surface area contributed by atoms with Gasteiger partial charge in [0.25, 0.3) is 5.91 Å². The van der Waals surface area contributed by atoms with Crippen LogP contribution in [0, 0.1) is 6.92 Å². The third-order valence-corrected chi connectivity index (χ3v) is 3.07. The molecule has 0 saturated heterocycles.